The summed E-state index contributed by atoms with van der Waals surface area (Å²) in [6.45, 7) is 0.123. The number of piperidine rings is 1. The lowest BCUT2D eigenvalue weighted by Gasteiger charge is -2.39. The van der Waals surface area contributed by atoms with E-state index in [-0.39, 0.29) is 105 Å². The number of H-pyrrole nitrogens is 1. The summed E-state index contributed by atoms with van der Waals surface area (Å²) < 4.78 is 40.9. The second kappa shape index (κ2) is 23.6. The summed E-state index contributed by atoms with van der Waals surface area (Å²) in [5.41, 5.74) is 2.41. The second-order valence-corrected chi connectivity index (χ2v) is 21.2. The van der Waals surface area contributed by atoms with E-state index in [1.807, 2.05) is 6.07 Å². The molecular formula is C53H58F2N9O12P. The number of nitrogens with zero attached hydrogens (tertiary/aromatic N) is 3. The van der Waals surface area contributed by atoms with Crippen LogP contribution >= 0.6 is 7.60 Å². The van der Waals surface area contributed by atoms with Gasteiger partial charge in [0.05, 0.1) is 0 Å². The van der Waals surface area contributed by atoms with Crippen molar-refractivity contribution in [3.05, 3.63) is 106 Å². The van der Waals surface area contributed by atoms with Gasteiger partial charge in [0.1, 0.15) is 29.9 Å². The van der Waals surface area contributed by atoms with Gasteiger partial charge in [0.2, 0.25) is 41.4 Å². The van der Waals surface area contributed by atoms with Crippen molar-refractivity contribution in [3.8, 4) is 11.8 Å². The molecule has 77 heavy (non-hydrogen) atoms. The minimum atomic E-state index is -5.92. The zero-order chi connectivity index (χ0) is 55.2. The van der Waals surface area contributed by atoms with Crippen LogP contribution in [0.2, 0.25) is 0 Å². The number of fused-ring (bicyclic) bond motifs is 3. The monoisotopic (exact) mass is 1080 g/mol. The Morgan fingerprint density at radius 3 is 2.43 bits per heavy atom. The first-order valence-corrected chi connectivity index (χ1v) is 26.9. The third-order valence-electron chi connectivity index (χ3n) is 14.3. The predicted molar refractivity (Wildman–Crippen MR) is 271 cm³/mol. The number of aromatic nitrogens is 1. The summed E-state index contributed by atoms with van der Waals surface area (Å²) in [5, 5.41) is 10.4. The quantitative estimate of drug-likeness (QED) is 0.0309. The third-order valence-corrected chi connectivity index (χ3v) is 15.3. The van der Waals surface area contributed by atoms with Crippen LogP contribution in [0.4, 0.5) is 8.78 Å². The molecule has 9 amide bonds. The van der Waals surface area contributed by atoms with Gasteiger partial charge < -0.3 is 51.2 Å². The number of benzene rings is 3. The average Bonchev–Trinajstić information content (AvgIpc) is 4.14. The van der Waals surface area contributed by atoms with Crippen LogP contribution in [0.1, 0.15) is 120 Å². The van der Waals surface area contributed by atoms with Crippen LogP contribution in [0, 0.1) is 11.8 Å². The molecule has 8 rings (SSSR count). The van der Waals surface area contributed by atoms with E-state index in [2.05, 4.69) is 38.1 Å². The molecule has 3 aromatic carbocycles. The Morgan fingerprint density at radius 1 is 0.909 bits per heavy atom. The van der Waals surface area contributed by atoms with Crippen molar-refractivity contribution in [2.24, 2.45) is 5.73 Å². The average molecular weight is 1080 g/mol. The van der Waals surface area contributed by atoms with E-state index in [9.17, 15) is 66.3 Å². The summed E-state index contributed by atoms with van der Waals surface area (Å²) in [5.74, 6) is 1.21. The Kier molecular flexibility index (Phi) is 17.0. The van der Waals surface area contributed by atoms with Crippen LogP contribution in [0.15, 0.2) is 72.8 Å². The van der Waals surface area contributed by atoms with Crippen LogP contribution in [-0.2, 0) is 56.9 Å². The van der Waals surface area contributed by atoms with Crippen molar-refractivity contribution in [1.29, 1.82) is 0 Å². The van der Waals surface area contributed by atoms with Crippen molar-refractivity contribution >= 4 is 71.7 Å². The molecule has 5 heterocycles. The highest BCUT2D eigenvalue weighted by Gasteiger charge is 2.51. The Bertz CT molecular complexity index is 3120. The lowest BCUT2D eigenvalue weighted by Crippen LogP contribution is -2.62. The summed E-state index contributed by atoms with van der Waals surface area (Å²) in [6.07, 6.45) is 2.96. The molecule has 3 fully saturated rings. The van der Waals surface area contributed by atoms with Gasteiger partial charge in [0, 0.05) is 85.5 Å². The highest BCUT2D eigenvalue weighted by atomic mass is 31.2. The molecule has 9 N–H and O–H groups in total. The number of imide groups is 1. The molecule has 5 atom stereocenters. The number of hydrogen-bond acceptors (Lipinski definition) is 10. The number of halogens is 2. The van der Waals surface area contributed by atoms with Gasteiger partial charge in [-0.25, -0.2) is 0 Å². The number of rotatable bonds is 18. The standard InChI is InChI=1S/C53H58F2N9O12P/c54-53(55,77(74,75)76)34-16-18-38-33(26-34)27-40(58-38)48(69)60-41-30-62(46(67)15-8-3-1-2-7-12-32-13-9-14-36-37(32)29-63(51(36)72)42-21-23-45(66)61-49(42)70)25-24-35-17-20-43(64(35)52(41)73)50(71)59-39(19-22-44(56)65)47(68)57-28-31-10-5-4-6-11-31/h4-6,9-11,13-14,16,18,26-27,35,39,41-43,58H,1-3,8,15,17,19-25,28-30H2,(H2,56,65)(H,57,68)(H,59,71)(H,60,69)(H,61,66,70)(H2,74,75,76)/t35-,39+,41+,42?,43+/m1/s1. The van der Waals surface area contributed by atoms with Gasteiger partial charge >= 0.3 is 13.3 Å². The third kappa shape index (κ3) is 12.7. The van der Waals surface area contributed by atoms with Gasteiger partial charge in [-0.2, -0.15) is 8.78 Å². The van der Waals surface area contributed by atoms with Crippen molar-refractivity contribution in [3.63, 3.8) is 0 Å². The highest BCUT2D eigenvalue weighted by Crippen LogP contribution is 2.59. The van der Waals surface area contributed by atoms with Crippen molar-refractivity contribution in [2.45, 2.75) is 126 Å². The maximum atomic E-state index is 14.8. The fourth-order valence-corrected chi connectivity index (χ4v) is 10.7. The van der Waals surface area contributed by atoms with E-state index in [4.69, 9.17) is 5.73 Å². The smallest absolute Gasteiger partial charge is 0.370 e. The number of amides is 9. The lowest BCUT2D eigenvalue weighted by molar-refractivity contribution is -0.145. The van der Waals surface area contributed by atoms with Gasteiger partial charge in [-0.1, -0.05) is 60.7 Å². The number of nitrogens with one attached hydrogen (secondary N) is 5. The second-order valence-electron chi connectivity index (χ2n) is 19.6. The fraction of sp³-hybridized carbons (Fsp3) is 0.415. The Morgan fingerprint density at radius 2 is 1.69 bits per heavy atom. The van der Waals surface area contributed by atoms with Crippen LogP contribution < -0.4 is 27.0 Å². The number of nitrogens with two attached hydrogens (primary N) is 1. The molecule has 24 heteroatoms. The normalized spacial score (nSPS) is 20.0. The van der Waals surface area contributed by atoms with E-state index >= 15 is 0 Å². The molecule has 1 unspecified atom stereocenters. The largest absolute Gasteiger partial charge is 0.399 e. The van der Waals surface area contributed by atoms with Gasteiger partial charge in [0.15, 0.2) is 0 Å². The van der Waals surface area contributed by atoms with E-state index in [1.165, 1.54) is 20.8 Å². The van der Waals surface area contributed by atoms with Gasteiger partial charge in [-0.05, 0) is 86.4 Å². The molecule has 0 saturated carbocycles. The number of unbranched alkanes of at least 4 members (excludes halogenated alkanes) is 3. The van der Waals surface area contributed by atoms with Gasteiger partial charge in [-0.15, -0.1) is 0 Å². The maximum Gasteiger partial charge on any atom is 0.399 e. The number of hydrogen-bond donors (Lipinski definition) is 8. The predicted octanol–water partition coefficient (Wildman–Crippen LogP) is 2.92. The topological polar surface area (TPSA) is 311 Å². The minimum Gasteiger partial charge on any atom is -0.370 e. The fourth-order valence-electron chi connectivity index (χ4n) is 10.2. The van der Waals surface area contributed by atoms with E-state index < -0.39 is 84.5 Å². The zero-order valence-electron chi connectivity index (χ0n) is 41.7. The summed E-state index contributed by atoms with van der Waals surface area (Å²) >= 11 is 0. The summed E-state index contributed by atoms with van der Waals surface area (Å²) in [6, 6.07) is 13.0. The molecule has 1 aromatic heterocycles. The van der Waals surface area contributed by atoms with Gasteiger partial charge in [-0.3, -0.25) is 53.0 Å². The Labute approximate surface area is 440 Å². The summed E-state index contributed by atoms with van der Waals surface area (Å²) in [4.78, 5) is 145. The maximum absolute atomic E-state index is 14.8. The molecule has 4 aliphatic heterocycles. The minimum absolute atomic E-state index is 0.000949. The number of aromatic amines is 1. The Balaban J connectivity index is 0.938. The SMILES string of the molecule is NC(=O)CC[C@H](NC(=O)[C@@H]1CC[C@@H]2CCN(C(=O)CCCCCC#Cc3cccc4c3CN(C3CCC(=O)NC3=O)C4=O)C[C@H](NC(=O)c3cc4cc(C(F)(F)P(=O)(O)O)ccc4[nH]3)C(=O)N21)C(=O)NCc1ccccc1. The highest BCUT2D eigenvalue weighted by molar-refractivity contribution is 7.52. The zero-order valence-corrected chi connectivity index (χ0v) is 42.6. The number of primary amides is 1. The number of carbonyl (C=O) groups excluding carboxylic acids is 9. The molecule has 4 aliphatic rings. The molecule has 0 radical (unpaired) electrons. The van der Waals surface area contributed by atoms with Gasteiger partial charge in [0.25, 0.3) is 11.8 Å². The van der Waals surface area contributed by atoms with E-state index in [1.54, 1.807) is 42.5 Å². The van der Waals surface area contributed by atoms with Crippen LogP contribution in [0.3, 0.4) is 0 Å². The number of alkyl halides is 2. The molecule has 406 valence electrons. The van der Waals surface area contributed by atoms with E-state index in [0.717, 1.165) is 23.8 Å². The number of carbonyl (C=O) groups is 9. The summed E-state index contributed by atoms with van der Waals surface area (Å²) in [7, 11) is -5.92. The van der Waals surface area contributed by atoms with Crippen molar-refractivity contribution < 1.29 is 66.3 Å². The van der Waals surface area contributed by atoms with Crippen molar-refractivity contribution in [1.82, 2.24) is 41.0 Å². The molecule has 0 spiro atoms. The van der Waals surface area contributed by atoms with Crippen LogP contribution in [0.5, 0.6) is 0 Å². The molecule has 0 bridgehead atoms. The Hall–Kier alpha value is -7.80. The first-order chi connectivity index (χ1) is 36.7. The van der Waals surface area contributed by atoms with Crippen molar-refractivity contribution in [2.75, 3.05) is 13.1 Å². The molecule has 0 aliphatic carbocycles. The van der Waals surface area contributed by atoms with Crippen LogP contribution in [-0.4, -0.2) is 126 Å². The van der Waals surface area contributed by atoms with E-state index in [0.29, 0.717) is 48.8 Å². The first kappa shape index (κ1) is 55.4. The lowest BCUT2D eigenvalue weighted by atomic mass is 10.0. The molecule has 21 nitrogen and oxygen atoms in total. The van der Waals surface area contributed by atoms with Crippen LogP contribution in [0.25, 0.3) is 10.9 Å². The molecular weight excluding hydrogens is 1020 g/mol. The first-order valence-electron chi connectivity index (χ1n) is 25.3. The molecule has 3 saturated heterocycles. The molecule has 4 aromatic rings.